The van der Waals surface area contributed by atoms with Crippen molar-refractivity contribution < 1.29 is 29.3 Å². The van der Waals surface area contributed by atoms with Crippen LogP contribution in [-0.4, -0.2) is 22.8 Å². The molecule has 0 spiro atoms. The maximum atomic E-state index is 12.6. The summed E-state index contributed by atoms with van der Waals surface area (Å²) in [6.45, 7) is 3.43. The zero-order valence-electron chi connectivity index (χ0n) is 14.7. The molecule has 0 aromatic heterocycles. The van der Waals surface area contributed by atoms with Crippen LogP contribution in [0.2, 0.25) is 0 Å². The van der Waals surface area contributed by atoms with Crippen molar-refractivity contribution in [2.24, 2.45) is 0 Å². The smallest absolute Gasteiger partial charge is 0.355 e. The summed E-state index contributed by atoms with van der Waals surface area (Å²) in [4.78, 5) is 44.8. The quantitative estimate of drug-likeness (QED) is 0.224. The van der Waals surface area contributed by atoms with Crippen LogP contribution in [0.3, 0.4) is 0 Å². The van der Waals surface area contributed by atoms with E-state index in [-0.39, 0.29) is 29.1 Å². The second kappa shape index (κ2) is 9.91. The summed E-state index contributed by atoms with van der Waals surface area (Å²) in [6.07, 6.45) is 1.32. The molecule has 0 fully saturated rings. The summed E-state index contributed by atoms with van der Waals surface area (Å²) >= 11 is 0. The van der Waals surface area contributed by atoms with Crippen LogP contribution < -0.4 is 4.89 Å². The molecule has 0 aliphatic carbocycles. The van der Waals surface area contributed by atoms with Gasteiger partial charge in [-0.1, -0.05) is 49.0 Å². The SMILES string of the molecule is C=C(CCCCC(=O)OOc1ccccc1C(=O)c1ccccc1)C(=O)O. The van der Waals surface area contributed by atoms with Gasteiger partial charge in [0.2, 0.25) is 0 Å². The molecular formula is C21H20O6. The molecule has 2 rings (SSSR count). The van der Waals surface area contributed by atoms with E-state index in [1.807, 2.05) is 6.07 Å². The van der Waals surface area contributed by atoms with Crippen LogP contribution in [0.1, 0.15) is 41.6 Å². The van der Waals surface area contributed by atoms with Gasteiger partial charge in [-0.25, -0.2) is 9.59 Å². The molecule has 0 bridgehead atoms. The highest BCUT2D eigenvalue weighted by Gasteiger charge is 2.16. The number of para-hydroxylation sites is 1. The molecule has 2 aromatic rings. The first-order valence-electron chi connectivity index (χ1n) is 8.46. The van der Waals surface area contributed by atoms with Crippen LogP contribution in [0.15, 0.2) is 66.7 Å². The molecule has 6 heteroatoms. The standard InChI is InChI=1S/C21H20O6/c1-15(21(24)25)9-5-8-14-19(22)27-26-18-13-7-6-12-17(18)20(23)16-10-3-2-4-11-16/h2-4,6-7,10-13H,1,5,8-9,14H2,(H,24,25). The normalized spacial score (nSPS) is 10.1. The minimum Gasteiger partial charge on any atom is -0.478 e. The first kappa shape index (κ1) is 19.9. The van der Waals surface area contributed by atoms with Crippen LogP contribution in [0.25, 0.3) is 0 Å². The van der Waals surface area contributed by atoms with Gasteiger partial charge < -0.3 is 5.11 Å². The molecule has 0 radical (unpaired) electrons. The summed E-state index contributed by atoms with van der Waals surface area (Å²) in [5.74, 6) is -1.73. The number of hydrogen-bond donors (Lipinski definition) is 1. The van der Waals surface area contributed by atoms with Crippen molar-refractivity contribution in [1.82, 2.24) is 0 Å². The first-order chi connectivity index (χ1) is 13.0. The lowest BCUT2D eigenvalue weighted by Crippen LogP contribution is -2.11. The van der Waals surface area contributed by atoms with E-state index in [0.717, 1.165) is 0 Å². The minimum absolute atomic E-state index is 0.0711. The zero-order valence-corrected chi connectivity index (χ0v) is 14.7. The third-order valence-electron chi connectivity index (χ3n) is 3.80. The van der Waals surface area contributed by atoms with E-state index in [2.05, 4.69) is 6.58 Å². The fourth-order valence-corrected chi connectivity index (χ4v) is 2.32. The highest BCUT2D eigenvalue weighted by atomic mass is 17.2. The predicted octanol–water partition coefficient (Wildman–Crippen LogP) is 3.96. The Kier molecular flexibility index (Phi) is 7.31. The highest BCUT2D eigenvalue weighted by Crippen LogP contribution is 2.22. The summed E-state index contributed by atoms with van der Waals surface area (Å²) in [7, 11) is 0. The number of aliphatic carboxylic acids is 1. The monoisotopic (exact) mass is 368 g/mol. The Morgan fingerprint density at radius 3 is 2.22 bits per heavy atom. The van der Waals surface area contributed by atoms with Crippen molar-refractivity contribution in [3.63, 3.8) is 0 Å². The zero-order chi connectivity index (χ0) is 19.6. The van der Waals surface area contributed by atoms with Crippen LogP contribution in [-0.2, 0) is 14.5 Å². The lowest BCUT2D eigenvalue weighted by atomic mass is 10.0. The number of carboxylic acids is 1. The Morgan fingerprint density at radius 1 is 0.889 bits per heavy atom. The van der Waals surface area contributed by atoms with Crippen LogP contribution in [0.5, 0.6) is 5.75 Å². The van der Waals surface area contributed by atoms with E-state index in [9.17, 15) is 14.4 Å². The number of hydrogen-bond acceptors (Lipinski definition) is 5. The molecule has 0 atom stereocenters. The van der Waals surface area contributed by atoms with Gasteiger partial charge in [0.15, 0.2) is 11.5 Å². The van der Waals surface area contributed by atoms with E-state index >= 15 is 0 Å². The number of ketones is 1. The lowest BCUT2D eigenvalue weighted by molar-refractivity contribution is -0.214. The number of unbranched alkanes of at least 4 members (excludes halogenated alkanes) is 1. The Balaban J connectivity index is 1.87. The van der Waals surface area contributed by atoms with E-state index in [0.29, 0.717) is 24.8 Å². The number of carbonyl (C=O) groups excluding carboxylic acids is 2. The third kappa shape index (κ3) is 6.11. The van der Waals surface area contributed by atoms with Crippen LogP contribution >= 0.6 is 0 Å². The molecule has 27 heavy (non-hydrogen) atoms. The summed E-state index contributed by atoms with van der Waals surface area (Å²) in [5, 5.41) is 8.72. The Morgan fingerprint density at radius 2 is 1.52 bits per heavy atom. The van der Waals surface area contributed by atoms with Crippen LogP contribution in [0, 0.1) is 0 Å². The Bertz CT molecular complexity index is 826. The number of rotatable bonds is 10. The van der Waals surface area contributed by atoms with E-state index in [1.54, 1.807) is 48.5 Å². The van der Waals surface area contributed by atoms with Gasteiger partial charge in [0.25, 0.3) is 0 Å². The molecule has 140 valence electrons. The predicted molar refractivity (Wildman–Crippen MR) is 98.3 cm³/mol. The molecule has 0 aliphatic rings. The van der Waals surface area contributed by atoms with Crippen molar-refractivity contribution >= 4 is 17.7 Å². The molecule has 1 N–H and O–H groups in total. The van der Waals surface area contributed by atoms with Crippen molar-refractivity contribution in [3.8, 4) is 5.75 Å². The molecule has 0 unspecified atom stereocenters. The topological polar surface area (TPSA) is 89.9 Å². The second-order valence-corrected chi connectivity index (χ2v) is 5.85. The van der Waals surface area contributed by atoms with E-state index in [1.165, 1.54) is 0 Å². The van der Waals surface area contributed by atoms with Gasteiger partial charge in [0.1, 0.15) is 0 Å². The molecule has 0 saturated heterocycles. The largest absolute Gasteiger partial charge is 0.478 e. The number of carboxylic acid groups (broad SMARTS) is 1. The fraction of sp³-hybridized carbons (Fsp3) is 0.190. The van der Waals surface area contributed by atoms with Gasteiger partial charge in [0, 0.05) is 11.1 Å². The highest BCUT2D eigenvalue weighted by molar-refractivity contribution is 6.10. The number of benzene rings is 2. The molecule has 0 heterocycles. The summed E-state index contributed by atoms with van der Waals surface area (Å²) in [5.41, 5.74) is 0.890. The van der Waals surface area contributed by atoms with E-state index in [4.69, 9.17) is 14.9 Å². The average molecular weight is 368 g/mol. The summed E-state index contributed by atoms with van der Waals surface area (Å²) in [6, 6.07) is 15.2. The van der Waals surface area contributed by atoms with Gasteiger partial charge in [0.05, 0.1) is 12.0 Å². The van der Waals surface area contributed by atoms with Crippen molar-refractivity contribution in [2.45, 2.75) is 25.7 Å². The molecule has 0 amide bonds. The molecule has 2 aromatic carbocycles. The Hall–Kier alpha value is -3.41. The van der Waals surface area contributed by atoms with Gasteiger partial charge in [-0.05, 0) is 31.4 Å². The minimum atomic E-state index is -1.04. The van der Waals surface area contributed by atoms with Crippen molar-refractivity contribution in [2.75, 3.05) is 0 Å². The van der Waals surface area contributed by atoms with Gasteiger partial charge in [-0.2, -0.15) is 0 Å². The van der Waals surface area contributed by atoms with Crippen molar-refractivity contribution in [1.29, 1.82) is 0 Å². The second-order valence-electron chi connectivity index (χ2n) is 5.85. The van der Waals surface area contributed by atoms with Crippen LogP contribution in [0.4, 0.5) is 0 Å². The van der Waals surface area contributed by atoms with Gasteiger partial charge in [-0.3, -0.25) is 14.6 Å². The lowest BCUT2D eigenvalue weighted by Gasteiger charge is -2.09. The summed E-state index contributed by atoms with van der Waals surface area (Å²) < 4.78 is 0. The molecule has 6 nitrogen and oxygen atoms in total. The molecule has 0 saturated carbocycles. The Labute approximate surface area is 157 Å². The number of carbonyl (C=O) groups is 3. The first-order valence-corrected chi connectivity index (χ1v) is 8.46. The average Bonchev–Trinajstić information content (AvgIpc) is 2.69. The van der Waals surface area contributed by atoms with E-state index < -0.39 is 11.9 Å². The third-order valence-corrected chi connectivity index (χ3v) is 3.80. The fourth-order valence-electron chi connectivity index (χ4n) is 2.32. The van der Waals surface area contributed by atoms with Crippen molar-refractivity contribution in [3.05, 3.63) is 77.9 Å². The molecule has 0 aliphatic heterocycles. The van der Waals surface area contributed by atoms with Gasteiger partial charge >= 0.3 is 11.9 Å². The maximum Gasteiger partial charge on any atom is 0.355 e. The van der Waals surface area contributed by atoms with Gasteiger partial charge in [-0.15, -0.1) is 0 Å². The molecular weight excluding hydrogens is 348 g/mol. The maximum absolute atomic E-state index is 12.6.